The highest BCUT2D eigenvalue weighted by molar-refractivity contribution is 5.79. The number of aliphatic hydroxyl groups excluding tert-OH is 1. The third-order valence-electron chi connectivity index (χ3n) is 5.33. The van der Waals surface area contributed by atoms with E-state index in [1.54, 1.807) is 4.90 Å². The molecule has 1 aliphatic carbocycles. The first-order valence-electron chi connectivity index (χ1n) is 9.22. The number of ether oxygens (including phenoxy) is 1. The smallest absolute Gasteiger partial charge is 0.409 e. The van der Waals surface area contributed by atoms with E-state index in [1.807, 2.05) is 24.3 Å². The summed E-state index contributed by atoms with van der Waals surface area (Å²) in [5, 5.41) is 12.4. The van der Waals surface area contributed by atoms with Crippen molar-refractivity contribution in [2.75, 3.05) is 32.8 Å². The van der Waals surface area contributed by atoms with Crippen LogP contribution in [0, 0.1) is 0 Å². The molecule has 1 atom stereocenters. The maximum atomic E-state index is 12.5. The van der Waals surface area contributed by atoms with Crippen molar-refractivity contribution in [3.8, 4) is 11.1 Å². The van der Waals surface area contributed by atoms with Crippen LogP contribution in [0.1, 0.15) is 23.5 Å². The molecule has 1 saturated heterocycles. The highest BCUT2D eigenvalue weighted by Crippen LogP contribution is 2.44. The van der Waals surface area contributed by atoms with Gasteiger partial charge in [0.2, 0.25) is 0 Å². The molecule has 0 radical (unpaired) electrons. The molecule has 0 spiro atoms. The number of carbonyl (C=O) groups excluding carboxylic acids is 1. The van der Waals surface area contributed by atoms with Crippen molar-refractivity contribution in [3.63, 3.8) is 0 Å². The van der Waals surface area contributed by atoms with E-state index in [0.29, 0.717) is 26.1 Å². The summed E-state index contributed by atoms with van der Waals surface area (Å²) < 4.78 is 5.70. The van der Waals surface area contributed by atoms with Gasteiger partial charge in [-0.05, 0) is 28.7 Å². The van der Waals surface area contributed by atoms with Gasteiger partial charge in [0.25, 0.3) is 0 Å². The summed E-state index contributed by atoms with van der Waals surface area (Å²) in [5.41, 5.74) is 4.91. The molecule has 26 heavy (non-hydrogen) atoms. The highest BCUT2D eigenvalue weighted by Gasteiger charge is 2.30. The van der Waals surface area contributed by atoms with Crippen LogP contribution < -0.4 is 5.32 Å². The molecular weight excluding hydrogens is 328 g/mol. The number of rotatable bonds is 4. The van der Waals surface area contributed by atoms with Gasteiger partial charge >= 0.3 is 6.09 Å². The third kappa shape index (κ3) is 3.20. The normalized spacial score (nSPS) is 19.1. The predicted molar refractivity (Wildman–Crippen MR) is 100 cm³/mol. The second kappa shape index (κ2) is 7.48. The van der Waals surface area contributed by atoms with Gasteiger partial charge in [0.15, 0.2) is 0 Å². The van der Waals surface area contributed by atoms with Crippen LogP contribution >= 0.6 is 0 Å². The second-order valence-electron chi connectivity index (χ2n) is 6.91. The number of nitrogens with zero attached hydrogens (tertiary/aromatic N) is 1. The first-order valence-corrected chi connectivity index (χ1v) is 9.22. The van der Waals surface area contributed by atoms with E-state index in [0.717, 1.165) is 6.54 Å². The van der Waals surface area contributed by atoms with Crippen molar-refractivity contribution in [1.82, 2.24) is 10.2 Å². The van der Waals surface area contributed by atoms with Crippen LogP contribution in [0.4, 0.5) is 4.79 Å². The summed E-state index contributed by atoms with van der Waals surface area (Å²) in [6.45, 7) is 2.42. The Labute approximate surface area is 153 Å². The first-order chi connectivity index (χ1) is 12.8. The van der Waals surface area contributed by atoms with Gasteiger partial charge in [-0.3, -0.25) is 0 Å². The second-order valence-corrected chi connectivity index (χ2v) is 6.91. The summed E-state index contributed by atoms with van der Waals surface area (Å²) >= 11 is 0. The van der Waals surface area contributed by atoms with Crippen molar-refractivity contribution >= 4 is 6.09 Å². The molecule has 136 valence electrons. The average Bonchev–Trinajstić information content (AvgIpc) is 3.01. The summed E-state index contributed by atoms with van der Waals surface area (Å²) in [5.74, 6) is 0.0857. The van der Waals surface area contributed by atoms with Crippen molar-refractivity contribution < 1.29 is 14.6 Å². The Kier molecular flexibility index (Phi) is 4.91. The molecule has 0 bridgehead atoms. The van der Waals surface area contributed by atoms with Crippen molar-refractivity contribution in [2.24, 2.45) is 0 Å². The largest absolute Gasteiger partial charge is 0.448 e. The molecule has 0 saturated carbocycles. The fraction of sp³-hybridized carbons (Fsp3) is 0.381. The molecule has 4 rings (SSSR count). The topological polar surface area (TPSA) is 61.8 Å². The SMILES string of the molecule is O=C(OCC1c2ccccc2-c2ccccc21)N1CCNC(CCO)C1. The predicted octanol–water partition coefficient (Wildman–Crippen LogP) is 2.59. The van der Waals surface area contributed by atoms with E-state index in [-0.39, 0.29) is 24.7 Å². The van der Waals surface area contributed by atoms with Gasteiger partial charge in [0, 0.05) is 38.2 Å². The van der Waals surface area contributed by atoms with Gasteiger partial charge in [-0.1, -0.05) is 48.5 Å². The van der Waals surface area contributed by atoms with Crippen LogP contribution in [0.5, 0.6) is 0 Å². The summed E-state index contributed by atoms with van der Waals surface area (Å²) in [6, 6.07) is 16.8. The van der Waals surface area contributed by atoms with Gasteiger partial charge in [0.05, 0.1) is 0 Å². The number of hydrogen-bond donors (Lipinski definition) is 2. The zero-order valence-corrected chi connectivity index (χ0v) is 14.7. The van der Waals surface area contributed by atoms with Crippen LogP contribution in [0.25, 0.3) is 11.1 Å². The molecule has 5 nitrogen and oxygen atoms in total. The minimum absolute atomic E-state index is 0.0857. The minimum atomic E-state index is -0.267. The first kappa shape index (κ1) is 17.1. The fourth-order valence-electron chi connectivity index (χ4n) is 4.03. The van der Waals surface area contributed by atoms with Crippen molar-refractivity contribution in [3.05, 3.63) is 59.7 Å². The maximum absolute atomic E-state index is 12.5. The molecule has 2 N–H and O–H groups in total. The van der Waals surface area contributed by atoms with E-state index in [1.165, 1.54) is 22.3 Å². The summed E-state index contributed by atoms with van der Waals surface area (Å²) in [7, 11) is 0. The lowest BCUT2D eigenvalue weighted by molar-refractivity contribution is 0.0854. The lowest BCUT2D eigenvalue weighted by atomic mass is 9.98. The quantitative estimate of drug-likeness (QED) is 0.888. The Morgan fingerprint density at radius 2 is 1.77 bits per heavy atom. The minimum Gasteiger partial charge on any atom is -0.448 e. The van der Waals surface area contributed by atoms with Crippen molar-refractivity contribution in [2.45, 2.75) is 18.4 Å². The molecule has 1 heterocycles. The van der Waals surface area contributed by atoms with Crippen LogP contribution in [0.3, 0.4) is 0 Å². The maximum Gasteiger partial charge on any atom is 0.409 e. The highest BCUT2D eigenvalue weighted by atomic mass is 16.6. The van der Waals surface area contributed by atoms with Gasteiger partial charge in [-0.25, -0.2) is 4.79 Å². The van der Waals surface area contributed by atoms with Crippen LogP contribution in [-0.2, 0) is 4.74 Å². The molecule has 5 heteroatoms. The van der Waals surface area contributed by atoms with E-state index >= 15 is 0 Å². The molecule has 2 aromatic rings. The molecule has 1 aliphatic heterocycles. The zero-order chi connectivity index (χ0) is 17.9. The number of nitrogens with one attached hydrogen (secondary N) is 1. The Morgan fingerprint density at radius 1 is 1.12 bits per heavy atom. The number of carbonyl (C=O) groups is 1. The Hall–Kier alpha value is -2.37. The van der Waals surface area contributed by atoms with Gasteiger partial charge in [0.1, 0.15) is 6.61 Å². The Balaban J connectivity index is 1.45. The molecule has 2 aromatic carbocycles. The van der Waals surface area contributed by atoms with E-state index in [9.17, 15) is 4.79 Å². The number of hydrogen-bond acceptors (Lipinski definition) is 4. The number of aliphatic hydroxyl groups is 1. The van der Waals surface area contributed by atoms with Gasteiger partial charge < -0.3 is 20.1 Å². The van der Waals surface area contributed by atoms with E-state index in [2.05, 4.69) is 29.6 Å². The number of piperazine rings is 1. The number of benzene rings is 2. The van der Waals surface area contributed by atoms with Gasteiger partial charge in [-0.15, -0.1) is 0 Å². The van der Waals surface area contributed by atoms with E-state index < -0.39 is 0 Å². The Bertz CT molecular complexity index is 745. The van der Waals surface area contributed by atoms with E-state index in [4.69, 9.17) is 9.84 Å². The number of fused-ring (bicyclic) bond motifs is 3. The monoisotopic (exact) mass is 352 g/mol. The molecule has 1 amide bonds. The van der Waals surface area contributed by atoms with Gasteiger partial charge in [-0.2, -0.15) is 0 Å². The van der Waals surface area contributed by atoms with Crippen LogP contribution in [0.15, 0.2) is 48.5 Å². The molecule has 2 aliphatic rings. The zero-order valence-electron chi connectivity index (χ0n) is 14.7. The standard InChI is InChI=1S/C21H24N2O3/c24-12-9-15-13-23(11-10-22-15)21(25)26-14-20-18-7-3-1-5-16(18)17-6-2-4-8-19(17)20/h1-8,15,20,22,24H,9-14H2. The number of amides is 1. The summed E-state index contributed by atoms with van der Waals surface area (Å²) in [4.78, 5) is 14.3. The Morgan fingerprint density at radius 3 is 2.42 bits per heavy atom. The van der Waals surface area contributed by atoms with Crippen LogP contribution in [0.2, 0.25) is 0 Å². The molecule has 1 unspecified atom stereocenters. The molecular formula is C21H24N2O3. The summed E-state index contributed by atoms with van der Waals surface area (Å²) in [6.07, 6.45) is 0.379. The molecule has 0 aromatic heterocycles. The lowest BCUT2D eigenvalue weighted by Gasteiger charge is -2.33. The molecule has 1 fully saturated rings. The van der Waals surface area contributed by atoms with Crippen LogP contribution in [-0.4, -0.2) is 55.0 Å². The fourth-order valence-corrected chi connectivity index (χ4v) is 4.03. The lowest BCUT2D eigenvalue weighted by Crippen LogP contribution is -2.53. The third-order valence-corrected chi connectivity index (χ3v) is 5.33. The van der Waals surface area contributed by atoms with Crippen molar-refractivity contribution in [1.29, 1.82) is 0 Å². The average molecular weight is 352 g/mol.